The molecule has 0 fully saturated rings. The predicted molar refractivity (Wildman–Crippen MR) is 139 cm³/mol. The summed E-state index contributed by atoms with van der Waals surface area (Å²) in [7, 11) is 1.80. The zero-order valence-corrected chi connectivity index (χ0v) is 21.2. The van der Waals surface area contributed by atoms with Gasteiger partial charge in [0.25, 0.3) is 5.91 Å². The number of benzene rings is 2. The molecule has 7 heteroatoms. The monoisotopic (exact) mass is 490 g/mol. The number of aliphatic hydroxyl groups excluding tert-OH is 1. The fourth-order valence-corrected chi connectivity index (χ4v) is 4.39. The molecule has 0 saturated carbocycles. The number of hydrogen-bond donors (Lipinski definition) is 2. The third-order valence-corrected chi connectivity index (χ3v) is 6.38. The highest BCUT2D eigenvalue weighted by molar-refractivity contribution is 5.85. The molecule has 0 radical (unpaired) electrons. The summed E-state index contributed by atoms with van der Waals surface area (Å²) >= 11 is 0. The molecular formula is C27H39ClN2O4. The number of anilines is 1. The van der Waals surface area contributed by atoms with Gasteiger partial charge in [0.15, 0.2) is 6.61 Å². The van der Waals surface area contributed by atoms with Gasteiger partial charge in [-0.05, 0) is 73.8 Å². The normalized spacial score (nSPS) is 15.9. The number of nitrogen functional groups attached to an aromatic ring is 1. The van der Waals surface area contributed by atoms with E-state index < -0.39 is 6.10 Å². The summed E-state index contributed by atoms with van der Waals surface area (Å²) in [6.45, 7) is 3.10. The summed E-state index contributed by atoms with van der Waals surface area (Å²) in [4.78, 5) is 14.0. The molecule has 34 heavy (non-hydrogen) atoms. The third kappa shape index (κ3) is 8.10. The Morgan fingerprint density at radius 1 is 1.21 bits per heavy atom. The summed E-state index contributed by atoms with van der Waals surface area (Å²) in [5.41, 5.74) is 9.47. The van der Waals surface area contributed by atoms with Crippen molar-refractivity contribution in [3.63, 3.8) is 0 Å². The second-order valence-corrected chi connectivity index (χ2v) is 9.05. The van der Waals surface area contributed by atoms with E-state index in [1.165, 1.54) is 5.56 Å². The second kappa shape index (κ2) is 14.1. The van der Waals surface area contributed by atoms with Gasteiger partial charge in [0.05, 0.1) is 11.8 Å². The van der Waals surface area contributed by atoms with E-state index in [1.807, 2.05) is 36.4 Å². The molecule has 2 aromatic rings. The Morgan fingerprint density at radius 2 is 1.97 bits per heavy atom. The average Bonchev–Trinajstić information content (AvgIpc) is 3.03. The molecule has 1 unspecified atom stereocenters. The molecule has 6 nitrogen and oxygen atoms in total. The van der Waals surface area contributed by atoms with Crippen LogP contribution in [-0.2, 0) is 17.6 Å². The smallest absolute Gasteiger partial charge is 0.260 e. The van der Waals surface area contributed by atoms with Crippen LogP contribution in [0.1, 0.15) is 50.2 Å². The van der Waals surface area contributed by atoms with E-state index in [-0.39, 0.29) is 31.5 Å². The number of aliphatic hydroxyl groups is 1. The van der Waals surface area contributed by atoms with Crippen LogP contribution in [0, 0.1) is 5.92 Å². The number of fused-ring (bicyclic) bond motifs is 1. The first-order valence-electron chi connectivity index (χ1n) is 12.1. The van der Waals surface area contributed by atoms with Gasteiger partial charge in [0, 0.05) is 13.6 Å². The first-order chi connectivity index (χ1) is 16.0. The number of carbonyl (C=O) groups excluding carboxylic acids is 1. The fraction of sp³-hybridized carbons (Fsp3) is 0.519. The molecule has 2 atom stereocenters. The van der Waals surface area contributed by atoms with Gasteiger partial charge in [-0.3, -0.25) is 4.79 Å². The van der Waals surface area contributed by atoms with Gasteiger partial charge in [-0.2, -0.15) is 0 Å². The first kappa shape index (κ1) is 27.8. The number of ether oxygens (including phenoxy) is 2. The molecule has 1 amide bonds. The maximum Gasteiger partial charge on any atom is 0.260 e. The van der Waals surface area contributed by atoms with E-state index in [1.54, 1.807) is 11.9 Å². The number of carbonyl (C=O) groups is 1. The Morgan fingerprint density at radius 3 is 2.71 bits per heavy atom. The molecule has 0 aromatic heterocycles. The number of para-hydroxylation sites is 1. The molecule has 1 aliphatic carbocycles. The van der Waals surface area contributed by atoms with Crippen molar-refractivity contribution in [2.45, 2.75) is 58.0 Å². The number of rotatable bonds is 11. The molecular weight excluding hydrogens is 452 g/mol. The number of nitrogens with zero attached hydrogens (tertiary/aromatic N) is 1. The number of likely N-dealkylation sites (N-methyl/N-ethyl adjacent to an activating group) is 1. The minimum absolute atomic E-state index is 0. The zero-order valence-electron chi connectivity index (χ0n) is 20.4. The average molecular weight is 491 g/mol. The van der Waals surface area contributed by atoms with Gasteiger partial charge in [0.2, 0.25) is 0 Å². The van der Waals surface area contributed by atoms with E-state index in [4.69, 9.17) is 15.2 Å². The zero-order chi connectivity index (χ0) is 23.6. The summed E-state index contributed by atoms with van der Waals surface area (Å²) in [6.07, 6.45) is 6.01. The molecule has 0 aliphatic heterocycles. The van der Waals surface area contributed by atoms with Crippen LogP contribution in [0.3, 0.4) is 0 Å². The lowest BCUT2D eigenvalue weighted by molar-refractivity contribution is -0.132. The summed E-state index contributed by atoms with van der Waals surface area (Å²) in [5, 5.41) is 10.6. The maximum absolute atomic E-state index is 12.3. The number of amides is 1. The van der Waals surface area contributed by atoms with Crippen molar-refractivity contribution >= 4 is 24.0 Å². The van der Waals surface area contributed by atoms with Crippen LogP contribution in [0.5, 0.6) is 11.5 Å². The molecule has 188 valence electrons. The van der Waals surface area contributed by atoms with Crippen molar-refractivity contribution in [1.29, 1.82) is 0 Å². The first-order valence-corrected chi connectivity index (χ1v) is 12.1. The summed E-state index contributed by atoms with van der Waals surface area (Å²) in [6, 6.07) is 13.5. The highest BCUT2D eigenvalue weighted by Crippen LogP contribution is 2.36. The number of aryl methyl sites for hydroxylation is 1. The van der Waals surface area contributed by atoms with Crippen molar-refractivity contribution in [1.82, 2.24) is 4.90 Å². The van der Waals surface area contributed by atoms with Gasteiger partial charge < -0.3 is 25.2 Å². The van der Waals surface area contributed by atoms with E-state index in [0.29, 0.717) is 23.8 Å². The van der Waals surface area contributed by atoms with E-state index >= 15 is 0 Å². The van der Waals surface area contributed by atoms with Crippen LogP contribution in [-0.4, -0.2) is 48.8 Å². The number of halogens is 1. The molecule has 2 aromatic carbocycles. The van der Waals surface area contributed by atoms with E-state index in [0.717, 1.165) is 56.4 Å². The van der Waals surface area contributed by atoms with Gasteiger partial charge in [-0.15, -0.1) is 12.4 Å². The third-order valence-electron chi connectivity index (χ3n) is 6.38. The quantitative estimate of drug-likeness (QED) is 0.353. The molecule has 0 bridgehead atoms. The largest absolute Gasteiger partial charge is 0.491 e. The molecule has 0 spiro atoms. The van der Waals surface area contributed by atoms with Crippen molar-refractivity contribution < 1.29 is 19.4 Å². The molecule has 1 aliphatic rings. The standard InChI is InChI=1S/C27H38N2O4.ClH/c1-3-4-15-29(2)26(31)19-33-25-14-13-21-10-8-9-20(17-24(21)27(25)28)16-22(30)18-32-23-11-6-5-7-12-23;/h5-7,11-14,20,22,30H,3-4,8-10,15-19,28H2,1-2H3;1H/t20?,22-;/m0./s1. The number of unbranched alkanes of at least 4 members (excludes halogenated alkanes) is 1. The lowest BCUT2D eigenvalue weighted by Crippen LogP contribution is -2.32. The number of nitrogens with two attached hydrogens (primary N) is 1. The van der Waals surface area contributed by atoms with Gasteiger partial charge in [0.1, 0.15) is 18.1 Å². The lowest BCUT2D eigenvalue weighted by atomic mass is 9.91. The van der Waals surface area contributed by atoms with E-state index in [2.05, 4.69) is 13.0 Å². The van der Waals surface area contributed by atoms with Crippen LogP contribution in [0.4, 0.5) is 5.69 Å². The molecule has 3 N–H and O–H groups in total. The Labute approximate surface area is 209 Å². The molecule has 0 saturated heterocycles. The molecule has 3 rings (SSSR count). The minimum Gasteiger partial charge on any atom is -0.491 e. The van der Waals surface area contributed by atoms with Crippen LogP contribution in [0.25, 0.3) is 0 Å². The van der Waals surface area contributed by atoms with Crippen molar-refractivity contribution in [2.24, 2.45) is 5.92 Å². The van der Waals surface area contributed by atoms with Crippen molar-refractivity contribution in [3.8, 4) is 11.5 Å². The van der Waals surface area contributed by atoms with Crippen LogP contribution >= 0.6 is 12.4 Å². The van der Waals surface area contributed by atoms with E-state index in [9.17, 15) is 9.90 Å². The summed E-state index contributed by atoms with van der Waals surface area (Å²) in [5.74, 6) is 1.61. The van der Waals surface area contributed by atoms with Crippen LogP contribution < -0.4 is 15.2 Å². The lowest BCUT2D eigenvalue weighted by Gasteiger charge is -2.21. The Hall–Kier alpha value is -2.44. The second-order valence-electron chi connectivity index (χ2n) is 9.05. The highest BCUT2D eigenvalue weighted by Gasteiger charge is 2.23. The van der Waals surface area contributed by atoms with Gasteiger partial charge in [-0.25, -0.2) is 0 Å². The van der Waals surface area contributed by atoms with Crippen LogP contribution in [0.15, 0.2) is 42.5 Å². The van der Waals surface area contributed by atoms with Crippen molar-refractivity contribution in [2.75, 3.05) is 32.5 Å². The Kier molecular flexibility index (Phi) is 11.5. The highest BCUT2D eigenvalue weighted by atomic mass is 35.5. The molecule has 0 heterocycles. The van der Waals surface area contributed by atoms with Crippen molar-refractivity contribution in [3.05, 3.63) is 53.6 Å². The topological polar surface area (TPSA) is 85.0 Å². The maximum atomic E-state index is 12.3. The summed E-state index contributed by atoms with van der Waals surface area (Å²) < 4.78 is 11.5. The Balaban J connectivity index is 0.00000408. The van der Waals surface area contributed by atoms with Gasteiger partial charge >= 0.3 is 0 Å². The van der Waals surface area contributed by atoms with Gasteiger partial charge in [-0.1, -0.05) is 37.6 Å². The fourth-order valence-electron chi connectivity index (χ4n) is 4.39. The Bertz CT molecular complexity index is 894. The SMILES string of the molecule is CCCCN(C)C(=O)COc1ccc2c(c1N)CC(C[C@H](O)COc1ccccc1)CCC2.Cl. The minimum atomic E-state index is -0.534. The van der Waals surface area contributed by atoms with Crippen LogP contribution in [0.2, 0.25) is 0 Å². The number of hydrogen-bond acceptors (Lipinski definition) is 5. The predicted octanol–water partition coefficient (Wildman–Crippen LogP) is 4.65.